The summed E-state index contributed by atoms with van der Waals surface area (Å²) in [5.74, 6) is 0. The Hall–Kier alpha value is -1.94. The molecule has 19 heavy (non-hydrogen) atoms. The molecule has 4 heteroatoms. The van der Waals surface area contributed by atoms with Crippen molar-refractivity contribution in [3.8, 4) is 0 Å². The number of thiocarbonyl (C=S) groups is 1. The van der Waals surface area contributed by atoms with Crippen LogP contribution in [0, 0.1) is 6.92 Å². The molecule has 0 radical (unpaired) electrons. The number of aryl methyl sites for hydroxylation is 1. The van der Waals surface area contributed by atoms with Gasteiger partial charge in [0.1, 0.15) is 4.99 Å². The van der Waals surface area contributed by atoms with E-state index in [1.807, 2.05) is 36.7 Å². The molecule has 0 atom stereocenters. The number of rotatable bonds is 5. The highest BCUT2D eigenvalue weighted by Gasteiger charge is 2.04. The zero-order chi connectivity index (χ0) is 13.7. The van der Waals surface area contributed by atoms with Gasteiger partial charge >= 0.3 is 0 Å². The Morgan fingerprint density at radius 1 is 1.26 bits per heavy atom. The van der Waals surface area contributed by atoms with E-state index in [0.717, 1.165) is 24.2 Å². The van der Waals surface area contributed by atoms with Crippen LogP contribution < -0.4 is 11.1 Å². The SMILES string of the molecule is Cc1ccc(C(N)=S)c(NCCc2ccncc2)c1. The predicted molar refractivity (Wildman–Crippen MR) is 83.5 cm³/mol. The number of nitrogens with zero attached hydrogens (tertiary/aromatic N) is 1. The Bertz CT molecular complexity index is 567. The third-order valence-electron chi connectivity index (χ3n) is 2.92. The molecule has 3 nitrogen and oxygen atoms in total. The van der Waals surface area contributed by atoms with Crippen molar-refractivity contribution in [1.82, 2.24) is 4.98 Å². The molecule has 0 aliphatic rings. The van der Waals surface area contributed by atoms with Gasteiger partial charge in [0, 0.05) is 30.2 Å². The zero-order valence-corrected chi connectivity index (χ0v) is 11.7. The molecule has 0 spiro atoms. The topological polar surface area (TPSA) is 50.9 Å². The average Bonchev–Trinajstić information content (AvgIpc) is 2.39. The summed E-state index contributed by atoms with van der Waals surface area (Å²) >= 11 is 5.07. The largest absolute Gasteiger partial charge is 0.389 e. The van der Waals surface area contributed by atoms with Gasteiger partial charge in [0.2, 0.25) is 0 Å². The van der Waals surface area contributed by atoms with Crippen LogP contribution in [0.5, 0.6) is 0 Å². The summed E-state index contributed by atoms with van der Waals surface area (Å²) in [7, 11) is 0. The minimum atomic E-state index is 0.423. The fourth-order valence-corrected chi connectivity index (χ4v) is 2.09. The molecule has 0 aliphatic carbocycles. The van der Waals surface area contributed by atoms with Gasteiger partial charge in [0.25, 0.3) is 0 Å². The Morgan fingerprint density at radius 3 is 2.68 bits per heavy atom. The molecule has 2 rings (SSSR count). The number of hydrogen-bond donors (Lipinski definition) is 2. The first-order chi connectivity index (χ1) is 9.16. The first-order valence-electron chi connectivity index (χ1n) is 6.20. The van der Waals surface area contributed by atoms with Crippen LogP contribution >= 0.6 is 12.2 Å². The molecule has 0 amide bonds. The fourth-order valence-electron chi connectivity index (χ4n) is 1.91. The number of anilines is 1. The van der Waals surface area contributed by atoms with E-state index in [-0.39, 0.29) is 0 Å². The van der Waals surface area contributed by atoms with E-state index in [2.05, 4.69) is 23.3 Å². The number of aromatic nitrogens is 1. The molecule has 0 saturated heterocycles. The lowest BCUT2D eigenvalue weighted by Gasteiger charge is -2.12. The van der Waals surface area contributed by atoms with Crippen molar-refractivity contribution >= 4 is 22.9 Å². The number of benzene rings is 1. The van der Waals surface area contributed by atoms with Gasteiger partial charge in [0.15, 0.2) is 0 Å². The molecule has 1 aromatic carbocycles. The molecule has 3 N–H and O–H groups in total. The van der Waals surface area contributed by atoms with Crippen molar-refractivity contribution in [2.24, 2.45) is 5.73 Å². The lowest BCUT2D eigenvalue weighted by molar-refractivity contribution is 1.01. The van der Waals surface area contributed by atoms with Gasteiger partial charge in [-0.15, -0.1) is 0 Å². The molecule has 98 valence electrons. The highest BCUT2D eigenvalue weighted by atomic mass is 32.1. The van der Waals surface area contributed by atoms with Crippen LogP contribution in [-0.2, 0) is 6.42 Å². The molecule has 0 bridgehead atoms. The maximum absolute atomic E-state index is 5.73. The van der Waals surface area contributed by atoms with Crippen molar-refractivity contribution in [2.75, 3.05) is 11.9 Å². The Morgan fingerprint density at radius 2 is 2.00 bits per heavy atom. The smallest absolute Gasteiger partial charge is 0.106 e. The van der Waals surface area contributed by atoms with E-state index in [0.29, 0.717) is 4.99 Å². The molecule has 0 aliphatic heterocycles. The van der Waals surface area contributed by atoms with E-state index in [4.69, 9.17) is 18.0 Å². The lowest BCUT2D eigenvalue weighted by Crippen LogP contribution is -2.14. The Labute approximate surface area is 118 Å². The van der Waals surface area contributed by atoms with E-state index in [1.165, 1.54) is 11.1 Å². The third kappa shape index (κ3) is 3.76. The molecule has 1 heterocycles. The average molecular weight is 271 g/mol. The monoisotopic (exact) mass is 271 g/mol. The van der Waals surface area contributed by atoms with Crippen LogP contribution in [0.1, 0.15) is 16.7 Å². The molecular formula is C15H17N3S. The van der Waals surface area contributed by atoms with Gasteiger partial charge in [-0.1, -0.05) is 18.3 Å². The van der Waals surface area contributed by atoms with Crippen molar-refractivity contribution in [3.05, 3.63) is 59.4 Å². The van der Waals surface area contributed by atoms with Gasteiger partial charge in [-0.3, -0.25) is 4.98 Å². The first kappa shape index (κ1) is 13.5. The normalized spacial score (nSPS) is 10.2. The van der Waals surface area contributed by atoms with E-state index in [9.17, 15) is 0 Å². The summed E-state index contributed by atoms with van der Waals surface area (Å²) in [4.78, 5) is 4.43. The molecule has 1 aromatic heterocycles. The van der Waals surface area contributed by atoms with Gasteiger partial charge in [-0.25, -0.2) is 0 Å². The van der Waals surface area contributed by atoms with Crippen molar-refractivity contribution in [1.29, 1.82) is 0 Å². The Kier molecular flexibility index (Phi) is 4.47. The van der Waals surface area contributed by atoms with Crippen molar-refractivity contribution < 1.29 is 0 Å². The van der Waals surface area contributed by atoms with Crippen LogP contribution in [-0.4, -0.2) is 16.5 Å². The summed E-state index contributed by atoms with van der Waals surface area (Å²) in [6, 6.07) is 10.1. The second-order valence-electron chi connectivity index (χ2n) is 4.45. The van der Waals surface area contributed by atoms with Crippen molar-refractivity contribution in [3.63, 3.8) is 0 Å². The number of nitrogens with one attached hydrogen (secondary N) is 1. The Balaban J connectivity index is 2.03. The quantitative estimate of drug-likeness (QED) is 0.821. The van der Waals surface area contributed by atoms with E-state index < -0.39 is 0 Å². The number of hydrogen-bond acceptors (Lipinski definition) is 3. The summed E-state index contributed by atoms with van der Waals surface area (Å²) in [6.45, 7) is 2.89. The van der Waals surface area contributed by atoms with Gasteiger partial charge in [-0.05, 0) is 48.7 Å². The van der Waals surface area contributed by atoms with Crippen LogP contribution in [0.4, 0.5) is 5.69 Å². The maximum Gasteiger partial charge on any atom is 0.106 e. The second-order valence-corrected chi connectivity index (χ2v) is 4.89. The highest BCUT2D eigenvalue weighted by Crippen LogP contribution is 2.17. The fraction of sp³-hybridized carbons (Fsp3) is 0.200. The summed E-state index contributed by atoms with van der Waals surface area (Å²) in [5, 5.41) is 3.40. The van der Waals surface area contributed by atoms with Crippen LogP contribution in [0.15, 0.2) is 42.7 Å². The maximum atomic E-state index is 5.73. The van der Waals surface area contributed by atoms with E-state index in [1.54, 1.807) is 0 Å². The van der Waals surface area contributed by atoms with E-state index >= 15 is 0 Å². The summed E-state index contributed by atoms with van der Waals surface area (Å²) in [5.41, 5.74) is 10.1. The van der Waals surface area contributed by atoms with Crippen LogP contribution in [0.25, 0.3) is 0 Å². The highest BCUT2D eigenvalue weighted by molar-refractivity contribution is 7.80. The molecule has 2 aromatic rings. The predicted octanol–water partition coefficient (Wildman–Crippen LogP) is 2.68. The molecule has 0 saturated carbocycles. The van der Waals surface area contributed by atoms with Crippen LogP contribution in [0.2, 0.25) is 0 Å². The lowest BCUT2D eigenvalue weighted by atomic mass is 10.1. The zero-order valence-electron chi connectivity index (χ0n) is 10.9. The molecular weight excluding hydrogens is 254 g/mol. The summed E-state index contributed by atoms with van der Waals surface area (Å²) < 4.78 is 0. The second kappa shape index (κ2) is 6.29. The van der Waals surface area contributed by atoms with Gasteiger partial charge in [-0.2, -0.15) is 0 Å². The number of pyridine rings is 1. The first-order valence-corrected chi connectivity index (χ1v) is 6.61. The minimum absolute atomic E-state index is 0.423. The van der Waals surface area contributed by atoms with Crippen molar-refractivity contribution in [2.45, 2.75) is 13.3 Å². The number of nitrogens with two attached hydrogens (primary N) is 1. The third-order valence-corrected chi connectivity index (χ3v) is 3.14. The summed E-state index contributed by atoms with van der Waals surface area (Å²) in [6.07, 6.45) is 4.55. The van der Waals surface area contributed by atoms with Gasteiger partial charge < -0.3 is 11.1 Å². The van der Waals surface area contributed by atoms with Gasteiger partial charge in [0.05, 0.1) is 0 Å². The van der Waals surface area contributed by atoms with Crippen LogP contribution in [0.3, 0.4) is 0 Å². The minimum Gasteiger partial charge on any atom is -0.389 e. The standard InChI is InChI=1S/C15H17N3S/c1-11-2-3-13(15(16)19)14(10-11)18-9-6-12-4-7-17-8-5-12/h2-5,7-8,10,18H,6,9H2,1H3,(H2,16,19). The molecule has 0 unspecified atom stereocenters. The molecule has 0 fully saturated rings.